The van der Waals surface area contributed by atoms with Crippen LogP contribution in [-0.2, 0) is 17.6 Å². The standard InChI is InChI=1S/C18H17FN2O2S/c19-14-5-3-13(4-6-14)17(10-16-2-1-9-23-16)18(22)20-8-7-15-11-24-12-21-15/h1-6,9,11-12,17H,7-8,10H2,(H,20,22). The second kappa shape index (κ2) is 7.88. The molecule has 0 saturated heterocycles. The van der Waals surface area contributed by atoms with Gasteiger partial charge in [-0.05, 0) is 29.8 Å². The Morgan fingerprint density at radius 1 is 1.29 bits per heavy atom. The van der Waals surface area contributed by atoms with Crippen LogP contribution in [0.4, 0.5) is 4.39 Å². The Morgan fingerprint density at radius 3 is 2.79 bits per heavy atom. The number of halogens is 1. The van der Waals surface area contributed by atoms with Gasteiger partial charge in [-0.15, -0.1) is 11.3 Å². The first-order chi connectivity index (χ1) is 11.7. The number of furan rings is 1. The molecule has 1 atom stereocenters. The smallest absolute Gasteiger partial charge is 0.228 e. The quantitative estimate of drug-likeness (QED) is 0.713. The van der Waals surface area contributed by atoms with Crippen molar-refractivity contribution < 1.29 is 13.6 Å². The van der Waals surface area contributed by atoms with Gasteiger partial charge in [0.05, 0.1) is 23.4 Å². The largest absolute Gasteiger partial charge is 0.469 e. The fraction of sp³-hybridized carbons (Fsp3) is 0.222. The first kappa shape index (κ1) is 16.4. The average Bonchev–Trinajstić information content (AvgIpc) is 3.27. The highest BCUT2D eigenvalue weighted by Crippen LogP contribution is 2.22. The van der Waals surface area contributed by atoms with E-state index in [-0.39, 0.29) is 11.7 Å². The number of hydrogen-bond acceptors (Lipinski definition) is 4. The maximum atomic E-state index is 13.2. The SMILES string of the molecule is O=C(NCCc1cscn1)C(Cc1ccco1)c1ccc(F)cc1. The maximum absolute atomic E-state index is 13.2. The van der Waals surface area contributed by atoms with Crippen LogP contribution in [0, 0.1) is 5.82 Å². The molecule has 1 amide bonds. The lowest BCUT2D eigenvalue weighted by Gasteiger charge is -2.16. The lowest BCUT2D eigenvalue weighted by Crippen LogP contribution is -2.32. The number of hydrogen-bond donors (Lipinski definition) is 1. The fourth-order valence-electron chi connectivity index (χ4n) is 2.48. The normalized spacial score (nSPS) is 12.0. The summed E-state index contributed by atoms with van der Waals surface area (Å²) in [5.74, 6) is -0.126. The Balaban J connectivity index is 1.68. The zero-order chi connectivity index (χ0) is 16.8. The first-order valence-electron chi connectivity index (χ1n) is 7.65. The van der Waals surface area contributed by atoms with Gasteiger partial charge in [-0.1, -0.05) is 12.1 Å². The molecule has 0 aliphatic carbocycles. The number of amides is 1. The van der Waals surface area contributed by atoms with Gasteiger partial charge in [0.25, 0.3) is 0 Å². The van der Waals surface area contributed by atoms with Crippen molar-refractivity contribution in [3.05, 3.63) is 76.4 Å². The molecular formula is C18H17FN2O2S. The second-order valence-electron chi connectivity index (χ2n) is 5.41. The number of carbonyl (C=O) groups is 1. The van der Waals surface area contributed by atoms with Gasteiger partial charge in [-0.25, -0.2) is 9.37 Å². The summed E-state index contributed by atoms with van der Waals surface area (Å²) < 4.78 is 18.5. The van der Waals surface area contributed by atoms with E-state index in [9.17, 15) is 9.18 Å². The highest BCUT2D eigenvalue weighted by atomic mass is 32.1. The van der Waals surface area contributed by atoms with Crippen LogP contribution < -0.4 is 5.32 Å². The second-order valence-corrected chi connectivity index (χ2v) is 6.13. The van der Waals surface area contributed by atoms with Gasteiger partial charge in [0, 0.05) is 24.8 Å². The molecule has 3 aromatic rings. The minimum Gasteiger partial charge on any atom is -0.469 e. The van der Waals surface area contributed by atoms with E-state index in [1.54, 1.807) is 30.0 Å². The summed E-state index contributed by atoms with van der Waals surface area (Å²) in [7, 11) is 0. The molecule has 0 aliphatic heterocycles. The Morgan fingerprint density at radius 2 is 2.12 bits per heavy atom. The third-order valence-corrected chi connectivity index (χ3v) is 4.37. The third kappa shape index (κ3) is 4.29. The summed E-state index contributed by atoms with van der Waals surface area (Å²) in [6.45, 7) is 0.512. The van der Waals surface area contributed by atoms with Crippen LogP contribution in [-0.4, -0.2) is 17.4 Å². The van der Waals surface area contributed by atoms with Gasteiger partial charge in [-0.3, -0.25) is 4.79 Å². The Bertz CT molecular complexity index is 755. The maximum Gasteiger partial charge on any atom is 0.228 e. The van der Waals surface area contributed by atoms with Crippen LogP contribution in [0.1, 0.15) is 22.9 Å². The average molecular weight is 344 g/mol. The van der Waals surface area contributed by atoms with Crippen LogP contribution in [0.3, 0.4) is 0 Å². The van der Waals surface area contributed by atoms with E-state index >= 15 is 0 Å². The lowest BCUT2D eigenvalue weighted by atomic mass is 9.93. The molecule has 0 saturated carbocycles. The molecule has 0 spiro atoms. The molecule has 1 N–H and O–H groups in total. The molecule has 6 heteroatoms. The molecule has 0 aliphatic rings. The third-order valence-electron chi connectivity index (χ3n) is 3.74. The predicted molar refractivity (Wildman–Crippen MR) is 90.4 cm³/mol. The fourth-order valence-corrected chi connectivity index (χ4v) is 3.08. The van der Waals surface area contributed by atoms with E-state index in [4.69, 9.17) is 4.42 Å². The highest BCUT2D eigenvalue weighted by molar-refractivity contribution is 7.07. The summed E-state index contributed by atoms with van der Waals surface area (Å²) >= 11 is 1.53. The predicted octanol–water partition coefficient (Wildman–Crippen LogP) is 3.56. The van der Waals surface area contributed by atoms with Crippen molar-refractivity contribution in [1.82, 2.24) is 10.3 Å². The molecule has 1 aromatic carbocycles. The summed E-state index contributed by atoms with van der Waals surface area (Å²) in [5.41, 5.74) is 3.50. The Labute approximate surface area is 143 Å². The molecule has 4 nitrogen and oxygen atoms in total. The van der Waals surface area contributed by atoms with Crippen molar-refractivity contribution >= 4 is 17.2 Å². The number of nitrogens with zero attached hydrogens (tertiary/aromatic N) is 1. The van der Waals surface area contributed by atoms with Crippen LogP contribution in [0.25, 0.3) is 0 Å². The van der Waals surface area contributed by atoms with Crippen LogP contribution in [0.2, 0.25) is 0 Å². The monoisotopic (exact) mass is 344 g/mol. The van der Waals surface area contributed by atoms with Gasteiger partial charge in [0.2, 0.25) is 5.91 Å². The minimum absolute atomic E-state index is 0.103. The van der Waals surface area contributed by atoms with E-state index in [0.717, 1.165) is 17.0 Å². The number of rotatable bonds is 7. The Hall–Kier alpha value is -2.47. The number of carbonyl (C=O) groups excluding carboxylic acids is 1. The van der Waals surface area contributed by atoms with Crippen molar-refractivity contribution in [2.45, 2.75) is 18.8 Å². The molecule has 0 fully saturated rings. The van der Waals surface area contributed by atoms with E-state index in [1.165, 1.54) is 23.5 Å². The minimum atomic E-state index is -0.424. The van der Waals surface area contributed by atoms with Crippen molar-refractivity contribution in [2.75, 3.05) is 6.54 Å². The van der Waals surface area contributed by atoms with Crippen LogP contribution in [0.15, 0.2) is 58.0 Å². The highest BCUT2D eigenvalue weighted by Gasteiger charge is 2.22. The van der Waals surface area contributed by atoms with Gasteiger partial charge in [0.15, 0.2) is 0 Å². The Kier molecular flexibility index (Phi) is 5.38. The number of aromatic nitrogens is 1. The topological polar surface area (TPSA) is 55.1 Å². The lowest BCUT2D eigenvalue weighted by molar-refractivity contribution is -0.122. The van der Waals surface area contributed by atoms with Crippen molar-refractivity contribution in [3.8, 4) is 0 Å². The number of nitrogens with one attached hydrogen (secondary N) is 1. The molecular weight excluding hydrogens is 327 g/mol. The summed E-state index contributed by atoms with van der Waals surface area (Å²) in [5, 5.41) is 4.90. The van der Waals surface area contributed by atoms with Gasteiger partial charge in [0.1, 0.15) is 11.6 Å². The summed E-state index contributed by atoms with van der Waals surface area (Å²) in [6.07, 6.45) is 2.70. The van der Waals surface area contributed by atoms with Crippen LogP contribution in [0.5, 0.6) is 0 Å². The molecule has 1 unspecified atom stereocenters. The molecule has 2 aromatic heterocycles. The summed E-state index contributed by atoms with van der Waals surface area (Å²) in [4.78, 5) is 16.8. The van der Waals surface area contributed by atoms with Crippen molar-refractivity contribution in [1.29, 1.82) is 0 Å². The van der Waals surface area contributed by atoms with E-state index in [2.05, 4.69) is 10.3 Å². The van der Waals surface area contributed by atoms with E-state index < -0.39 is 5.92 Å². The van der Waals surface area contributed by atoms with Gasteiger partial charge < -0.3 is 9.73 Å². The number of thiazole rings is 1. The zero-order valence-electron chi connectivity index (χ0n) is 12.9. The summed E-state index contributed by atoms with van der Waals surface area (Å²) in [6, 6.07) is 9.64. The first-order valence-corrected chi connectivity index (χ1v) is 8.59. The molecule has 0 bridgehead atoms. The molecule has 124 valence electrons. The van der Waals surface area contributed by atoms with Gasteiger partial charge >= 0.3 is 0 Å². The zero-order valence-corrected chi connectivity index (χ0v) is 13.8. The van der Waals surface area contributed by atoms with Crippen molar-refractivity contribution in [3.63, 3.8) is 0 Å². The van der Waals surface area contributed by atoms with Crippen LogP contribution >= 0.6 is 11.3 Å². The van der Waals surface area contributed by atoms with E-state index in [1.807, 2.05) is 11.4 Å². The molecule has 3 rings (SSSR count). The molecule has 2 heterocycles. The number of benzene rings is 1. The van der Waals surface area contributed by atoms with Gasteiger partial charge in [-0.2, -0.15) is 0 Å². The van der Waals surface area contributed by atoms with Crippen molar-refractivity contribution in [2.24, 2.45) is 0 Å². The molecule has 24 heavy (non-hydrogen) atoms. The van der Waals surface area contributed by atoms with E-state index in [0.29, 0.717) is 19.4 Å². The molecule has 0 radical (unpaired) electrons.